The molecule has 0 aliphatic carbocycles. The van der Waals surface area contributed by atoms with Gasteiger partial charge in [-0.2, -0.15) is 0 Å². The topological polar surface area (TPSA) is 34.3 Å². The van der Waals surface area contributed by atoms with Crippen LogP contribution in [0.15, 0.2) is 42.5 Å². The molecule has 16 heavy (non-hydrogen) atoms. The second-order valence-corrected chi connectivity index (χ2v) is 4.05. The number of fused-ring (bicyclic) bond motifs is 2. The van der Waals surface area contributed by atoms with Crippen LogP contribution in [0.25, 0.3) is 0 Å². The number of hydrogen-bond acceptors (Lipinski definition) is 1. The molecule has 0 fully saturated rings. The van der Waals surface area contributed by atoms with Crippen molar-refractivity contribution in [3.63, 3.8) is 0 Å². The standard InChI is InChI=1S/C14H12NO/c16-12-7-8-14-11(9-12)6-5-10-3-1-2-4-13(10)15-14/h1-4,7-9,16H,5-6H2. The molecule has 1 aliphatic heterocycles. The third-order valence-corrected chi connectivity index (χ3v) is 2.96. The Hall–Kier alpha value is -1.96. The van der Waals surface area contributed by atoms with E-state index in [9.17, 15) is 5.11 Å². The van der Waals surface area contributed by atoms with E-state index in [4.69, 9.17) is 0 Å². The van der Waals surface area contributed by atoms with E-state index in [-0.39, 0.29) is 0 Å². The van der Waals surface area contributed by atoms with E-state index in [1.165, 1.54) is 5.56 Å². The Kier molecular flexibility index (Phi) is 2.07. The van der Waals surface area contributed by atoms with Crippen LogP contribution in [0, 0.1) is 0 Å². The fourth-order valence-electron chi connectivity index (χ4n) is 2.11. The van der Waals surface area contributed by atoms with Gasteiger partial charge < -0.3 is 5.11 Å². The maximum atomic E-state index is 9.46. The zero-order valence-corrected chi connectivity index (χ0v) is 8.85. The first-order valence-electron chi connectivity index (χ1n) is 5.44. The molecule has 1 radical (unpaired) electrons. The van der Waals surface area contributed by atoms with Crippen molar-refractivity contribution in [2.45, 2.75) is 12.8 Å². The molecule has 0 saturated carbocycles. The number of phenolic OH excluding ortho intramolecular Hbond substituents is 1. The van der Waals surface area contributed by atoms with Crippen LogP contribution >= 0.6 is 0 Å². The highest BCUT2D eigenvalue weighted by molar-refractivity contribution is 5.60. The molecular formula is C14H12NO. The van der Waals surface area contributed by atoms with E-state index < -0.39 is 0 Å². The summed E-state index contributed by atoms with van der Waals surface area (Å²) < 4.78 is 0. The summed E-state index contributed by atoms with van der Waals surface area (Å²) in [5.74, 6) is 0.319. The van der Waals surface area contributed by atoms with Crippen LogP contribution in [0.2, 0.25) is 0 Å². The second-order valence-electron chi connectivity index (χ2n) is 4.05. The molecule has 2 aromatic rings. The average molecular weight is 210 g/mol. The monoisotopic (exact) mass is 210 g/mol. The number of para-hydroxylation sites is 1. The molecule has 0 bridgehead atoms. The lowest BCUT2D eigenvalue weighted by Gasteiger charge is -2.06. The van der Waals surface area contributed by atoms with Gasteiger partial charge in [-0.1, -0.05) is 18.2 Å². The number of benzene rings is 2. The van der Waals surface area contributed by atoms with Gasteiger partial charge in [0.1, 0.15) is 5.75 Å². The van der Waals surface area contributed by atoms with Crippen molar-refractivity contribution in [3.8, 4) is 5.75 Å². The van der Waals surface area contributed by atoms with Crippen molar-refractivity contribution in [2.75, 3.05) is 0 Å². The predicted molar refractivity (Wildman–Crippen MR) is 63.4 cm³/mol. The fraction of sp³-hybridized carbons (Fsp3) is 0.143. The number of rotatable bonds is 0. The summed E-state index contributed by atoms with van der Waals surface area (Å²) in [5, 5.41) is 14.1. The summed E-state index contributed by atoms with van der Waals surface area (Å²) in [5.41, 5.74) is 4.42. The molecule has 2 nitrogen and oxygen atoms in total. The third kappa shape index (κ3) is 1.52. The molecule has 1 heterocycles. The quantitative estimate of drug-likeness (QED) is 0.712. The van der Waals surface area contributed by atoms with Crippen molar-refractivity contribution in [2.24, 2.45) is 0 Å². The fourth-order valence-corrected chi connectivity index (χ4v) is 2.11. The lowest BCUT2D eigenvalue weighted by Crippen LogP contribution is -1.91. The van der Waals surface area contributed by atoms with Crippen LogP contribution in [0.4, 0.5) is 11.4 Å². The van der Waals surface area contributed by atoms with Crippen molar-refractivity contribution in [1.82, 2.24) is 5.32 Å². The molecule has 0 aromatic heterocycles. The van der Waals surface area contributed by atoms with Crippen LogP contribution in [0.3, 0.4) is 0 Å². The maximum absolute atomic E-state index is 9.46. The van der Waals surface area contributed by atoms with Gasteiger partial charge in [0.05, 0.1) is 11.4 Å². The first-order valence-corrected chi connectivity index (χ1v) is 5.44. The molecule has 79 valence electrons. The predicted octanol–water partition coefficient (Wildman–Crippen LogP) is 3.06. The highest BCUT2D eigenvalue weighted by Crippen LogP contribution is 2.31. The minimum absolute atomic E-state index is 0.319. The highest BCUT2D eigenvalue weighted by Gasteiger charge is 2.13. The lowest BCUT2D eigenvalue weighted by molar-refractivity contribution is 0.474. The number of aromatic hydroxyl groups is 1. The first-order chi connectivity index (χ1) is 7.83. The average Bonchev–Trinajstić information content (AvgIpc) is 2.48. The first kappa shape index (κ1) is 9.28. The normalized spacial score (nSPS) is 13.2. The maximum Gasteiger partial charge on any atom is 0.116 e. The lowest BCUT2D eigenvalue weighted by atomic mass is 10.0. The largest absolute Gasteiger partial charge is 0.508 e. The Morgan fingerprint density at radius 1 is 0.875 bits per heavy atom. The van der Waals surface area contributed by atoms with Gasteiger partial charge in [-0.05, 0) is 48.2 Å². The molecule has 0 amide bonds. The van der Waals surface area contributed by atoms with Gasteiger partial charge in [-0.15, -0.1) is 0 Å². The number of phenols is 1. The Bertz CT molecular complexity index is 534. The Balaban J connectivity index is 2.08. The minimum Gasteiger partial charge on any atom is -0.508 e. The van der Waals surface area contributed by atoms with E-state index in [0.29, 0.717) is 5.75 Å². The zero-order chi connectivity index (χ0) is 11.0. The minimum atomic E-state index is 0.319. The van der Waals surface area contributed by atoms with E-state index in [0.717, 1.165) is 29.8 Å². The SMILES string of the molecule is Oc1ccc2c(c1)CCc1ccccc1[N]2. The van der Waals surface area contributed by atoms with Gasteiger partial charge in [0.25, 0.3) is 0 Å². The molecule has 0 atom stereocenters. The smallest absolute Gasteiger partial charge is 0.116 e. The van der Waals surface area contributed by atoms with Gasteiger partial charge in [0, 0.05) is 0 Å². The number of nitrogens with zero attached hydrogens (tertiary/aromatic N) is 1. The van der Waals surface area contributed by atoms with Crippen LogP contribution in [0.5, 0.6) is 5.75 Å². The van der Waals surface area contributed by atoms with Crippen molar-refractivity contribution >= 4 is 11.4 Å². The summed E-state index contributed by atoms with van der Waals surface area (Å²) in [4.78, 5) is 0. The summed E-state index contributed by atoms with van der Waals surface area (Å²) in [6, 6.07) is 13.6. The molecule has 0 unspecified atom stereocenters. The summed E-state index contributed by atoms with van der Waals surface area (Å²) in [6.07, 6.45) is 1.92. The third-order valence-electron chi connectivity index (χ3n) is 2.96. The molecule has 1 N–H and O–H groups in total. The van der Waals surface area contributed by atoms with E-state index in [1.54, 1.807) is 6.07 Å². The van der Waals surface area contributed by atoms with Crippen LogP contribution in [0.1, 0.15) is 11.1 Å². The van der Waals surface area contributed by atoms with Crippen LogP contribution < -0.4 is 5.32 Å². The molecule has 0 saturated heterocycles. The van der Waals surface area contributed by atoms with Crippen molar-refractivity contribution < 1.29 is 5.11 Å². The molecular weight excluding hydrogens is 198 g/mol. The summed E-state index contributed by atoms with van der Waals surface area (Å²) in [7, 11) is 0. The number of hydrogen-bond donors (Lipinski definition) is 1. The van der Waals surface area contributed by atoms with Crippen molar-refractivity contribution in [3.05, 3.63) is 53.6 Å². The van der Waals surface area contributed by atoms with E-state index in [2.05, 4.69) is 11.4 Å². The molecule has 0 spiro atoms. The Labute approximate surface area is 94.6 Å². The highest BCUT2D eigenvalue weighted by atomic mass is 16.3. The Morgan fingerprint density at radius 2 is 1.62 bits per heavy atom. The molecule has 1 aliphatic rings. The zero-order valence-electron chi connectivity index (χ0n) is 8.85. The number of aryl methyl sites for hydroxylation is 2. The summed E-state index contributed by atoms with van der Waals surface area (Å²) in [6.45, 7) is 0. The van der Waals surface area contributed by atoms with E-state index >= 15 is 0 Å². The second kappa shape index (κ2) is 3.56. The molecule has 2 heteroatoms. The van der Waals surface area contributed by atoms with Crippen LogP contribution in [-0.2, 0) is 12.8 Å². The van der Waals surface area contributed by atoms with Crippen LogP contribution in [-0.4, -0.2) is 5.11 Å². The van der Waals surface area contributed by atoms with Crippen molar-refractivity contribution in [1.29, 1.82) is 0 Å². The Morgan fingerprint density at radius 3 is 2.56 bits per heavy atom. The van der Waals surface area contributed by atoms with Gasteiger partial charge >= 0.3 is 0 Å². The van der Waals surface area contributed by atoms with Gasteiger partial charge in [-0.3, -0.25) is 0 Å². The van der Waals surface area contributed by atoms with E-state index in [1.807, 2.05) is 30.3 Å². The molecule has 3 rings (SSSR count). The molecule has 2 aromatic carbocycles. The van der Waals surface area contributed by atoms with Gasteiger partial charge in [-0.25, -0.2) is 5.32 Å². The summed E-state index contributed by atoms with van der Waals surface area (Å²) >= 11 is 0. The van der Waals surface area contributed by atoms with Gasteiger partial charge in [0.2, 0.25) is 0 Å². The van der Waals surface area contributed by atoms with Gasteiger partial charge in [0.15, 0.2) is 0 Å².